The maximum Gasteiger partial charge on any atom is 0.244 e. The van der Waals surface area contributed by atoms with Crippen LogP contribution in [0.1, 0.15) is 24.9 Å². The van der Waals surface area contributed by atoms with E-state index < -0.39 is 0 Å². The van der Waals surface area contributed by atoms with E-state index >= 15 is 0 Å². The average Bonchev–Trinajstić information content (AvgIpc) is 2.89. The van der Waals surface area contributed by atoms with Crippen LogP contribution in [0.5, 0.6) is 0 Å². The fourth-order valence-electron chi connectivity index (χ4n) is 2.31. The Balaban J connectivity index is 1.66. The second kappa shape index (κ2) is 7.21. The van der Waals surface area contributed by atoms with Gasteiger partial charge in [-0.2, -0.15) is 5.10 Å². The molecule has 1 aliphatic heterocycles. The number of nitrogens with one attached hydrogen (secondary N) is 2. The first-order chi connectivity index (χ1) is 10.1. The Morgan fingerprint density at radius 1 is 1.57 bits per heavy atom. The van der Waals surface area contributed by atoms with Crippen molar-refractivity contribution in [2.75, 3.05) is 32.7 Å². The van der Waals surface area contributed by atoms with Crippen LogP contribution in [0, 0.1) is 6.92 Å². The third-order valence-electron chi connectivity index (χ3n) is 3.57. The summed E-state index contributed by atoms with van der Waals surface area (Å²) in [6.45, 7) is 7.25. The van der Waals surface area contributed by atoms with Crippen LogP contribution in [0.25, 0.3) is 0 Å². The Hall–Kier alpha value is -1.89. The van der Waals surface area contributed by atoms with Crippen molar-refractivity contribution in [3.8, 4) is 0 Å². The highest BCUT2D eigenvalue weighted by atomic mass is 16.2. The minimum absolute atomic E-state index is 0.0329. The van der Waals surface area contributed by atoms with Gasteiger partial charge in [0.2, 0.25) is 11.8 Å². The molecule has 116 valence electrons. The quantitative estimate of drug-likeness (QED) is 0.705. The molecule has 21 heavy (non-hydrogen) atoms. The second-order valence-corrected chi connectivity index (χ2v) is 5.44. The summed E-state index contributed by atoms with van der Waals surface area (Å²) in [6, 6.07) is -0.306. The zero-order chi connectivity index (χ0) is 15.2. The molecular weight excluding hydrogens is 270 g/mol. The normalized spacial score (nSPS) is 17.3. The summed E-state index contributed by atoms with van der Waals surface area (Å²) in [5, 5.41) is 9.86. The molecule has 1 aromatic rings. The van der Waals surface area contributed by atoms with Gasteiger partial charge in [-0.3, -0.25) is 19.2 Å². The Morgan fingerprint density at radius 2 is 2.38 bits per heavy atom. The van der Waals surface area contributed by atoms with Gasteiger partial charge in [-0.1, -0.05) is 0 Å². The van der Waals surface area contributed by atoms with Gasteiger partial charge in [0.15, 0.2) is 0 Å². The zero-order valence-electron chi connectivity index (χ0n) is 12.6. The molecule has 0 bridgehead atoms. The van der Waals surface area contributed by atoms with Crippen LogP contribution in [0.2, 0.25) is 0 Å². The summed E-state index contributed by atoms with van der Waals surface area (Å²) in [5.74, 6) is 0.0439. The number of nitrogens with zero attached hydrogens (tertiary/aromatic N) is 3. The zero-order valence-corrected chi connectivity index (χ0v) is 12.6. The van der Waals surface area contributed by atoms with Crippen LogP contribution < -0.4 is 10.6 Å². The van der Waals surface area contributed by atoms with Gasteiger partial charge in [0.25, 0.3) is 0 Å². The lowest BCUT2D eigenvalue weighted by Crippen LogP contribution is -2.48. The molecule has 7 heteroatoms. The van der Waals surface area contributed by atoms with Gasteiger partial charge < -0.3 is 10.6 Å². The first kappa shape index (κ1) is 15.5. The van der Waals surface area contributed by atoms with Gasteiger partial charge in [0, 0.05) is 32.4 Å². The molecule has 1 aliphatic rings. The highest BCUT2D eigenvalue weighted by Crippen LogP contribution is 2.05. The second-order valence-electron chi connectivity index (χ2n) is 5.44. The molecule has 2 heterocycles. The van der Waals surface area contributed by atoms with Gasteiger partial charge in [0.05, 0.1) is 12.7 Å². The summed E-state index contributed by atoms with van der Waals surface area (Å²) in [7, 11) is 0. The Kier molecular flexibility index (Phi) is 5.32. The Morgan fingerprint density at radius 3 is 3.05 bits per heavy atom. The van der Waals surface area contributed by atoms with E-state index in [4.69, 9.17) is 0 Å². The molecule has 2 N–H and O–H groups in total. The van der Waals surface area contributed by atoms with E-state index in [1.165, 1.54) is 0 Å². The van der Waals surface area contributed by atoms with Gasteiger partial charge in [-0.05, 0) is 25.8 Å². The molecule has 1 aromatic heterocycles. The molecule has 2 rings (SSSR count). The highest BCUT2D eigenvalue weighted by Gasteiger charge is 2.17. The molecular formula is C14H23N5O2. The number of rotatable bonds is 6. The van der Waals surface area contributed by atoms with Crippen molar-refractivity contribution >= 4 is 11.8 Å². The lowest BCUT2D eigenvalue weighted by atomic mass is 10.3. The first-order valence-electron chi connectivity index (χ1n) is 7.34. The van der Waals surface area contributed by atoms with Crippen LogP contribution in [-0.4, -0.2) is 59.2 Å². The number of aryl methyl sites for hydroxylation is 1. The number of hydrogen-bond acceptors (Lipinski definition) is 4. The minimum Gasteiger partial charge on any atom is -0.354 e. The summed E-state index contributed by atoms with van der Waals surface area (Å²) < 4.78 is 1.67. The van der Waals surface area contributed by atoms with E-state index in [1.807, 2.05) is 20.0 Å². The number of aromatic nitrogens is 2. The monoisotopic (exact) mass is 293 g/mol. The summed E-state index contributed by atoms with van der Waals surface area (Å²) in [6.07, 6.45) is 4.44. The van der Waals surface area contributed by atoms with E-state index in [2.05, 4.69) is 20.6 Å². The molecule has 1 saturated heterocycles. The topological polar surface area (TPSA) is 79.3 Å². The standard InChI is InChI=1S/C14H23N5O2/c1-11-8-17-19(9-11)12(2)14(21)16-4-3-6-18-7-5-15-13(20)10-18/h8-9,12H,3-7,10H2,1-2H3,(H,15,20)(H,16,21)/t12-/m0/s1. The SMILES string of the molecule is Cc1cnn([C@@H](C)C(=O)NCCCN2CCNC(=O)C2)c1. The van der Waals surface area contributed by atoms with Crippen LogP contribution >= 0.6 is 0 Å². The van der Waals surface area contributed by atoms with E-state index in [1.54, 1.807) is 10.9 Å². The fraction of sp³-hybridized carbons (Fsp3) is 0.643. The number of hydrogen-bond donors (Lipinski definition) is 2. The van der Waals surface area contributed by atoms with Crippen molar-refractivity contribution in [3.63, 3.8) is 0 Å². The first-order valence-corrected chi connectivity index (χ1v) is 7.34. The van der Waals surface area contributed by atoms with Crippen molar-refractivity contribution in [1.82, 2.24) is 25.3 Å². The molecule has 0 unspecified atom stereocenters. The minimum atomic E-state index is -0.306. The maximum atomic E-state index is 12.0. The van der Waals surface area contributed by atoms with Gasteiger partial charge in [-0.15, -0.1) is 0 Å². The fourth-order valence-corrected chi connectivity index (χ4v) is 2.31. The van der Waals surface area contributed by atoms with Crippen molar-refractivity contribution < 1.29 is 9.59 Å². The number of carbonyl (C=O) groups excluding carboxylic acids is 2. The van der Waals surface area contributed by atoms with Crippen LogP contribution in [0.15, 0.2) is 12.4 Å². The number of piperazine rings is 1. The van der Waals surface area contributed by atoms with Gasteiger partial charge in [0.1, 0.15) is 6.04 Å². The average molecular weight is 293 g/mol. The molecule has 0 radical (unpaired) electrons. The molecule has 7 nitrogen and oxygen atoms in total. The molecule has 0 aromatic carbocycles. The molecule has 1 fully saturated rings. The predicted molar refractivity (Wildman–Crippen MR) is 78.8 cm³/mol. The highest BCUT2D eigenvalue weighted by molar-refractivity contribution is 5.79. The molecule has 2 amide bonds. The lowest BCUT2D eigenvalue weighted by molar-refractivity contribution is -0.125. The summed E-state index contributed by atoms with van der Waals surface area (Å²) in [5.41, 5.74) is 1.04. The molecule has 0 saturated carbocycles. The Bertz CT molecular complexity index is 499. The summed E-state index contributed by atoms with van der Waals surface area (Å²) >= 11 is 0. The molecule has 1 atom stereocenters. The van der Waals surface area contributed by atoms with Crippen LogP contribution in [0.3, 0.4) is 0 Å². The summed E-state index contributed by atoms with van der Waals surface area (Å²) in [4.78, 5) is 25.3. The molecule has 0 spiro atoms. The van der Waals surface area contributed by atoms with Gasteiger partial charge >= 0.3 is 0 Å². The maximum absolute atomic E-state index is 12.0. The van der Waals surface area contributed by atoms with E-state index in [9.17, 15) is 9.59 Å². The van der Waals surface area contributed by atoms with Gasteiger partial charge in [-0.25, -0.2) is 0 Å². The smallest absolute Gasteiger partial charge is 0.244 e. The number of carbonyl (C=O) groups is 2. The van der Waals surface area contributed by atoms with Crippen molar-refractivity contribution in [2.45, 2.75) is 26.3 Å². The third-order valence-corrected chi connectivity index (χ3v) is 3.57. The predicted octanol–water partition coefficient (Wildman–Crippen LogP) is -0.309. The van der Waals surface area contributed by atoms with Crippen molar-refractivity contribution in [1.29, 1.82) is 0 Å². The number of amides is 2. The van der Waals surface area contributed by atoms with Crippen molar-refractivity contribution in [3.05, 3.63) is 18.0 Å². The van der Waals surface area contributed by atoms with Crippen LogP contribution in [-0.2, 0) is 9.59 Å². The lowest BCUT2D eigenvalue weighted by Gasteiger charge is -2.26. The third kappa shape index (κ3) is 4.56. The molecule has 0 aliphatic carbocycles. The van der Waals surface area contributed by atoms with Crippen molar-refractivity contribution in [2.24, 2.45) is 0 Å². The largest absolute Gasteiger partial charge is 0.354 e. The van der Waals surface area contributed by atoms with Crippen LogP contribution in [0.4, 0.5) is 0 Å². The Labute approximate surface area is 124 Å². The van der Waals surface area contributed by atoms with E-state index in [-0.39, 0.29) is 17.9 Å². The van der Waals surface area contributed by atoms with E-state index in [0.29, 0.717) is 19.6 Å². The van der Waals surface area contributed by atoms with E-state index in [0.717, 1.165) is 25.1 Å².